The number of para-hydroxylation sites is 2. The molecule has 45 heavy (non-hydrogen) atoms. The minimum atomic E-state index is 1.18. The minimum absolute atomic E-state index is 1.18. The number of aromatic nitrogens is 1. The number of nitrogens with zero attached hydrogens (tertiary/aromatic N) is 1. The number of fused-ring (bicyclic) bond motifs is 9. The Labute approximate surface area is 263 Å². The lowest BCUT2D eigenvalue weighted by Gasteiger charge is -2.13. The maximum absolute atomic E-state index is 2.39. The lowest BCUT2D eigenvalue weighted by Crippen LogP contribution is -1.93. The Morgan fingerprint density at radius 1 is 0.289 bits per heavy atom. The lowest BCUT2D eigenvalue weighted by molar-refractivity contribution is 1.18. The summed E-state index contributed by atoms with van der Waals surface area (Å²) in [7, 11) is 0. The Morgan fingerprint density at radius 2 is 0.733 bits per heavy atom. The van der Waals surface area contributed by atoms with Crippen LogP contribution in [0.5, 0.6) is 0 Å². The van der Waals surface area contributed by atoms with Gasteiger partial charge in [0.25, 0.3) is 0 Å². The molecule has 0 spiro atoms. The molecule has 0 N–H and O–H groups in total. The summed E-state index contributed by atoms with van der Waals surface area (Å²) in [4.78, 5) is 0. The van der Waals surface area contributed by atoms with Crippen LogP contribution in [-0.2, 0) is 0 Å². The van der Waals surface area contributed by atoms with E-state index in [1.807, 2.05) is 13.8 Å². The van der Waals surface area contributed by atoms with Crippen LogP contribution >= 0.6 is 0 Å². The van der Waals surface area contributed by atoms with Gasteiger partial charge in [0.1, 0.15) is 0 Å². The SMILES string of the molecule is CC.c1ccc(-n2c3ccccc3c3ccc(-c4cccc(-c5ccc6c7ccccc7c7ccccc7c6c5)c4)cc32)cc1. The van der Waals surface area contributed by atoms with E-state index < -0.39 is 0 Å². The van der Waals surface area contributed by atoms with Gasteiger partial charge >= 0.3 is 0 Å². The first kappa shape index (κ1) is 26.9. The second kappa shape index (κ2) is 11.1. The first-order valence-electron chi connectivity index (χ1n) is 15.9. The maximum Gasteiger partial charge on any atom is 0.0547 e. The van der Waals surface area contributed by atoms with Crippen LogP contribution < -0.4 is 0 Å². The van der Waals surface area contributed by atoms with Gasteiger partial charge in [-0.05, 0) is 91.0 Å². The summed E-state index contributed by atoms with van der Waals surface area (Å²) in [6.45, 7) is 4.00. The van der Waals surface area contributed by atoms with Gasteiger partial charge in [-0.2, -0.15) is 0 Å². The first-order chi connectivity index (χ1) is 22.3. The number of hydrogen-bond donors (Lipinski definition) is 0. The third-order valence-electron chi connectivity index (χ3n) is 8.96. The maximum atomic E-state index is 2.39. The zero-order chi connectivity index (χ0) is 30.3. The van der Waals surface area contributed by atoms with Gasteiger partial charge in [0.15, 0.2) is 0 Å². The van der Waals surface area contributed by atoms with Crippen LogP contribution in [-0.4, -0.2) is 4.57 Å². The van der Waals surface area contributed by atoms with Crippen LogP contribution in [0.4, 0.5) is 0 Å². The van der Waals surface area contributed by atoms with Crippen molar-refractivity contribution in [3.05, 3.63) is 164 Å². The zero-order valence-electron chi connectivity index (χ0n) is 25.5. The van der Waals surface area contributed by atoms with Crippen molar-refractivity contribution in [1.82, 2.24) is 4.57 Å². The molecular formula is C44H33N. The molecule has 9 aromatic rings. The molecule has 0 amide bonds. The lowest BCUT2D eigenvalue weighted by atomic mass is 9.91. The number of rotatable bonds is 3. The minimum Gasteiger partial charge on any atom is -0.309 e. The monoisotopic (exact) mass is 575 g/mol. The van der Waals surface area contributed by atoms with Gasteiger partial charge < -0.3 is 4.57 Å². The van der Waals surface area contributed by atoms with Gasteiger partial charge in [0.2, 0.25) is 0 Å². The summed E-state index contributed by atoms with van der Waals surface area (Å²) >= 11 is 0. The molecule has 1 heterocycles. The third kappa shape index (κ3) is 4.39. The standard InChI is InChI=1S/C42H27N.C2H6/c1-2-13-32(14-3-1)43-41-20-9-8-19-38(41)39-24-22-31(27-42(39)43)29-12-10-11-28(25-29)30-21-23-37-35-17-5-4-15-33(35)34-16-6-7-18-36(34)40(37)26-30;1-2/h1-27H;1-2H3. The van der Waals surface area contributed by atoms with E-state index in [0.29, 0.717) is 0 Å². The molecule has 1 heteroatoms. The van der Waals surface area contributed by atoms with Crippen LogP contribution in [0.1, 0.15) is 13.8 Å². The molecule has 0 atom stereocenters. The Balaban J connectivity index is 0.00000147. The third-order valence-corrected chi connectivity index (χ3v) is 8.96. The van der Waals surface area contributed by atoms with Gasteiger partial charge in [0, 0.05) is 16.5 Å². The highest BCUT2D eigenvalue weighted by molar-refractivity contribution is 6.25. The largest absolute Gasteiger partial charge is 0.309 e. The van der Waals surface area contributed by atoms with E-state index in [9.17, 15) is 0 Å². The second-order valence-corrected chi connectivity index (χ2v) is 11.4. The Bertz CT molecular complexity index is 2460. The molecule has 0 aliphatic heterocycles. The Morgan fingerprint density at radius 3 is 1.38 bits per heavy atom. The van der Waals surface area contributed by atoms with E-state index >= 15 is 0 Å². The predicted octanol–water partition coefficient (Wildman–Crippen LogP) is 12.6. The van der Waals surface area contributed by atoms with Crippen molar-refractivity contribution in [2.24, 2.45) is 0 Å². The molecule has 0 unspecified atom stereocenters. The van der Waals surface area contributed by atoms with Crippen molar-refractivity contribution in [1.29, 1.82) is 0 Å². The molecule has 0 aliphatic rings. The molecule has 0 fully saturated rings. The van der Waals surface area contributed by atoms with Gasteiger partial charge in [0.05, 0.1) is 11.0 Å². The summed E-state index contributed by atoms with van der Waals surface area (Å²) in [6, 6.07) is 59.7. The fourth-order valence-electron chi connectivity index (χ4n) is 6.97. The van der Waals surface area contributed by atoms with Crippen LogP contribution in [0.15, 0.2) is 164 Å². The second-order valence-electron chi connectivity index (χ2n) is 11.4. The van der Waals surface area contributed by atoms with E-state index in [0.717, 1.165) is 0 Å². The van der Waals surface area contributed by atoms with Gasteiger partial charge in [-0.1, -0.05) is 141 Å². The normalized spacial score (nSPS) is 11.3. The fraction of sp³-hybridized carbons (Fsp3) is 0.0455. The molecule has 0 radical (unpaired) electrons. The summed E-state index contributed by atoms with van der Waals surface area (Å²) in [5.41, 5.74) is 8.51. The molecule has 0 saturated carbocycles. The van der Waals surface area contributed by atoms with Crippen molar-refractivity contribution in [2.45, 2.75) is 13.8 Å². The summed E-state index contributed by atoms with van der Waals surface area (Å²) in [5, 5.41) is 10.4. The van der Waals surface area contributed by atoms with Crippen molar-refractivity contribution < 1.29 is 0 Å². The molecule has 1 aromatic heterocycles. The van der Waals surface area contributed by atoms with Gasteiger partial charge in [-0.25, -0.2) is 0 Å². The van der Waals surface area contributed by atoms with Gasteiger partial charge in [-0.15, -0.1) is 0 Å². The van der Waals surface area contributed by atoms with Crippen LogP contribution in [0.3, 0.4) is 0 Å². The topological polar surface area (TPSA) is 4.93 Å². The highest BCUT2D eigenvalue weighted by atomic mass is 15.0. The smallest absolute Gasteiger partial charge is 0.0547 e. The molecule has 214 valence electrons. The number of hydrogen-bond acceptors (Lipinski definition) is 0. The summed E-state index contributed by atoms with van der Waals surface area (Å²) < 4.78 is 2.39. The van der Waals surface area contributed by atoms with E-state index in [2.05, 4.69) is 168 Å². The van der Waals surface area contributed by atoms with Gasteiger partial charge in [-0.3, -0.25) is 0 Å². The first-order valence-corrected chi connectivity index (χ1v) is 15.9. The fourth-order valence-corrected chi connectivity index (χ4v) is 6.97. The number of benzene rings is 8. The van der Waals surface area contributed by atoms with E-state index in [1.165, 1.54) is 82.1 Å². The molecule has 0 saturated heterocycles. The highest BCUT2D eigenvalue weighted by Crippen LogP contribution is 2.39. The highest BCUT2D eigenvalue weighted by Gasteiger charge is 2.14. The molecule has 0 bridgehead atoms. The van der Waals surface area contributed by atoms with E-state index in [1.54, 1.807) is 0 Å². The van der Waals surface area contributed by atoms with Crippen LogP contribution in [0.2, 0.25) is 0 Å². The zero-order valence-corrected chi connectivity index (χ0v) is 25.5. The average Bonchev–Trinajstić information content (AvgIpc) is 3.46. The van der Waals surface area contributed by atoms with Crippen molar-refractivity contribution >= 4 is 54.1 Å². The van der Waals surface area contributed by atoms with Crippen molar-refractivity contribution in [3.8, 4) is 27.9 Å². The van der Waals surface area contributed by atoms with E-state index in [-0.39, 0.29) is 0 Å². The van der Waals surface area contributed by atoms with Crippen LogP contribution in [0.25, 0.3) is 82.1 Å². The summed E-state index contributed by atoms with van der Waals surface area (Å²) in [5.74, 6) is 0. The van der Waals surface area contributed by atoms with Crippen LogP contribution in [0, 0.1) is 0 Å². The molecule has 1 nitrogen and oxygen atoms in total. The van der Waals surface area contributed by atoms with E-state index in [4.69, 9.17) is 0 Å². The molecule has 0 aliphatic carbocycles. The van der Waals surface area contributed by atoms with Crippen molar-refractivity contribution in [3.63, 3.8) is 0 Å². The predicted molar refractivity (Wildman–Crippen MR) is 196 cm³/mol. The summed E-state index contributed by atoms with van der Waals surface area (Å²) in [6.07, 6.45) is 0. The molecular weight excluding hydrogens is 542 g/mol. The Hall–Kier alpha value is -5.66. The quantitative estimate of drug-likeness (QED) is 0.185. The Kier molecular flexibility index (Phi) is 6.65. The van der Waals surface area contributed by atoms with Crippen molar-refractivity contribution in [2.75, 3.05) is 0 Å². The molecule has 9 rings (SSSR count). The average molecular weight is 576 g/mol. The molecule has 8 aromatic carbocycles.